The number of likely N-dealkylation sites (tertiary alicyclic amines) is 1. The van der Waals surface area contributed by atoms with E-state index in [0.29, 0.717) is 5.96 Å². The predicted molar refractivity (Wildman–Crippen MR) is 72.5 cm³/mol. The molecule has 1 saturated heterocycles. The van der Waals surface area contributed by atoms with E-state index in [1.54, 1.807) is 0 Å². The van der Waals surface area contributed by atoms with E-state index < -0.39 is 5.54 Å². The number of hydrogen-bond acceptors (Lipinski definition) is 4. The molecule has 0 bridgehead atoms. The monoisotopic (exact) mass is 252 g/mol. The van der Waals surface area contributed by atoms with Crippen molar-refractivity contribution in [3.8, 4) is 0 Å². The summed E-state index contributed by atoms with van der Waals surface area (Å²) >= 11 is 0. The number of aliphatic imine (C=N–C) groups is 1. The molecule has 0 atom stereocenters. The first-order valence-corrected chi connectivity index (χ1v) is 6.76. The smallest absolute Gasteiger partial charge is 0.254 e. The number of carbonyl (C=O) groups is 1. The molecular weight excluding hydrogens is 228 g/mol. The van der Waals surface area contributed by atoms with Gasteiger partial charge in [0.2, 0.25) is 0 Å². The average Bonchev–Trinajstić information content (AvgIpc) is 2.54. The lowest BCUT2D eigenvalue weighted by atomic mass is 9.88. The number of nitrogens with one attached hydrogen (secondary N) is 2. The lowest BCUT2D eigenvalue weighted by molar-refractivity contribution is -0.125. The highest BCUT2D eigenvalue weighted by molar-refractivity contribution is 6.07. The van der Waals surface area contributed by atoms with E-state index in [0.717, 1.165) is 32.5 Å². The van der Waals surface area contributed by atoms with Crippen molar-refractivity contribution in [2.24, 2.45) is 4.99 Å². The molecule has 2 aliphatic heterocycles. The molecule has 0 aromatic heterocycles. The van der Waals surface area contributed by atoms with E-state index >= 15 is 0 Å². The van der Waals surface area contributed by atoms with Gasteiger partial charge in [0.05, 0.1) is 0 Å². The first kappa shape index (κ1) is 13.3. The first-order chi connectivity index (χ1) is 8.35. The Balaban J connectivity index is 2.07. The van der Waals surface area contributed by atoms with Crippen LogP contribution in [0.5, 0.6) is 0 Å². The third-order valence-electron chi connectivity index (χ3n) is 3.60. The molecule has 0 saturated carbocycles. The minimum absolute atomic E-state index is 0.0602. The Morgan fingerprint density at radius 3 is 2.50 bits per heavy atom. The largest absolute Gasteiger partial charge is 0.351 e. The number of guanidine groups is 1. The Morgan fingerprint density at radius 1 is 1.39 bits per heavy atom. The molecule has 2 heterocycles. The van der Waals surface area contributed by atoms with E-state index in [1.165, 1.54) is 0 Å². The van der Waals surface area contributed by atoms with Gasteiger partial charge in [0.1, 0.15) is 5.54 Å². The summed E-state index contributed by atoms with van der Waals surface area (Å²) < 4.78 is 0. The van der Waals surface area contributed by atoms with Gasteiger partial charge < -0.3 is 10.2 Å². The predicted octanol–water partition coefficient (Wildman–Crippen LogP) is 0.715. The summed E-state index contributed by atoms with van der Waals surface area (Å²) in [7, 11) is 0. The molecule has 1 amide bonds. The minimum Gasteiger partial charge on any atom is -0.351 e. The van der Waals surface area contributed by atoms with E-state index in [4.69, 9.17) is 0 Å². The van der Waals surface area contributed by atoms with Crippen LogP contribution in [0.25, 0.3) is 0 Å². The van der Waals surface area contributed by atoms with E-state index in [9.17, 15) is 4.79 Å². The lowest BCUT2D eigenvalue weighted by Crippen LogP contribution is -2.50. The topological polar surface area (TPSA) is 56.7 Å². The zero-order valence-corrected chi connectivity index (χ0v) is 11.8. The highest BCUT2D eigenvalue weighted by Gasteiger charge is 2.45. The molecule has 0 radical (unpaired) electrons. The summed E-state index contributed by atoms with van der Waals surface area (Å²) in [5.74, 6) is 0.697. The van der Waals surface area contributed by atoms with Crippen molar-refractivity contribution < 1.29 is 4.79 Å². The molecule has 2 N–H and O–H groups in total. The maximum Gasteiger partial charge on any atom is 0.254 e. The molecule has 18 heavy (non-hydrogen) atoms. The third-order valence-corrected chi connectivity index (χ3v) is 3.60. The van der Waals surface area contributed by atoms with Crippen molar-refractivity contribution in [3.63, 3.8) is 0 Å². The van der Waals surface area contributed by atoms with Crippen molar-refractivity contribution in [2.45, 2.75) is 51.6 Å². The summed E-state index contributed by atoms with van der Waals surface area (Å²) in [6.45, 7) is 11.3. The van der Waals surface area contributed by atoms with E-state index in [1.807, 2.05) is 0 Å². The fraction of sp³-hybridized carbons (Fsp3) is 0.846. The molecule has 2 aliphatic rings. The molecule has 1 fully saturated rings. The summed E-state index contributed by atoms with van der Waals surface area (Å²) in [5, 5.41) is 6.13. The van der Waals surface area contributed by atoms with Gasteiger partial charge in [0, 0.05) is 18.6 Å². The van der Waals surface area contributed by atoms with Crippen LogP contribution in [0.3, 0.4) is 0 Å². The number of hydrogen-bond donors (Lipinski definition) is 2. The molecule has 0 aromatic rings. The molecule has 5 heteroatoms. The molecule has 0 aliphatic carbocycles. The highest BCUT2D eigenvalue weighted by atomic mass is 16.2. The van der Waals surface area contributed by atoms with Crippen LogP contribution in [-0.4, -0.2) is 47.5 Å². The van der Waals surface area contributed by atoms with E-state index in [-0.39, 0.29) is 11.4 Å². The number of carbonyl (C=O) groups excluding carboxylic acids is 1. The molecule has 0 unspecified atom stereocenters. The Labute approximate surface area is 109 Å². The van der Waals surface area contributed by atoms with Crippen LogP contribution in [0.2, 0.25) is 0 Å². The second-order valence-corrected chi connectivity index (χ2v) is 6.26. The minimum atomic E-state index is -0.515. The normalized spacial score (nSPS) is 24.0. The SMILES string of the molecule is CCN1CCC2(CC1)N=C(NC(C)(C)C)NC2=O. The number of rotatable bonds is 1. The van der Waals surface area contributed by atoms with Gasteiger partial charge in [-0.15, -0.1) is 0 Å². The van der Waals surface area contributed by atoms with Gasteiger partial charge in [0.15, 0.2) is 5.96 Å². The Morgan fingerprint density at radius 2 is 2.00 bits per heavy atom. The van der Waals surface area contributed by atoms with Crippen LogP contribution in [0.1, 0.15) is 40.5 Å². The second kappa shape index (κ2) is 4.53. The lowest BCUT2D eigenvalue weighted by Gasteiger charge is -2.34. The highest BCUT2D eigenvalue weighted by Crippen LogP contribution is 2.29. The van der Waals surface area contributed by atoms with Gasteiger partial charge in [-0.2, -0.15) is 0 Å². The number of nitrogens with zero attached hydrogens (tertiary/aromatic N) is 2. The van der Waals surface area contributed by atoms with Gasteiger partial charge in [-0.25, -0.2) is 4.99 Å². The van der Waals surface area contributed by atoms with Crippen molar-refractivity contribution >= 4 is 11.9 Å². The summed E-state index contributed by atoms with van der Waals surface area (Å²) in [6.07, 6.45) is 1.64. The second-order valence-electron chi connectivity index (χ2n) is 6.26. The maximum absolute atomic E-state index is 12.2. The molecule has 5 nitrogen and oxygen atoms in total. The summed E-state index contributed by atoms with van der Waals surface area (Å²) in [6, 6.07) is 0. The first-order valence-electron chi connectivity index (χ1n) is 6.76. The van der Waals surface area contributed by atoms with Gasteiger partial charge in [-0.05, 0) is 40.2 Å². The van der Waals surface area contributed by atoms with Crippen LogP contribution < -0.4 is 10.6 Å². The molecule has 2 rings (SSSR count). The summed E-state index contributed by atoms with van der Waals surface area (Å²) in [4.78, 5) is 19.2. The van der Waals surface area contributed by atoms with Crippen molar-refractivity contribution in [1.29, 1.82) is 0 Å². The number of amides is 1. The van der Waals surface area contributed by atoms with Gasteiger partial charge >= 0.3 is 0 Å². The molecule has 1 spiro atoms. The van der Waals surface area contributed by atoms with Crippen LogP contribution >= 0.6 is 0 Å². The van der Waals surface area contributed by atoms with Gasteiger partial charge in [0.25, 0.3) is 5.91 Å². The van der Waals surface area contributed by atoms with Crippen LogP contribution in [0, 0.1) is 0 Å². The quantitative estimate of drug-likeness (QED) is 0.723. The van der Waals surface area contributed by atoms with Crippen LogP contribution in [0.4, 0.5) is 0 Å². The fourth-order valence-corrected chi connectivity index (χ4v) is 2.51. The third kappa shape index (κ3) is 2.66. The molecule has 102 valence electrons. The van der Waals surface area contributed by atoms with Gasteiger partial charge in [-0.3, -0.25) is 10.1 Å². The Hall–Kier alpha value is -1.10. The van der Waals surface area contributed by atoms with Crippen molar-refractivity contribution in [3.05, 3.63) is 0 Å². The average molecular weight is 252 g/mol. The zero-order valence-electron chi connectivity index (χ0n) is 11.8. The molecule has 0 aromatic carbocycles. The van der Waals surface area contributed by atoms with Crippen molar-refractivity contribution in [1.82, 2.24) is 15.5 Å². The zero-order chi connectivity index (χ0) is 13.4. The Bertz CT molecular complexity index is 362. The van der Waals surface area contributed by atoms with Crippen LogP contribution in [0.15, 0.2) is 4.99 Å². The van der Waals surface area contributed by atoms with Gasteiger partial charge in [-0.1, -0.05) is 6.92 Å². The van der Waals surface area contributed by atoms with E-state index in [2.05, 4.69) is 48.2 Å². The fourth-order valence-electron chi connectivity index (χ4n) is 2.51. The number of piperidine rings is 1. The van der Waals surface area contributed by atoms with Crippen LogP contribution in [-0.2, 0) is 4.79 Å². The maximum atomic E-state index is 12.2. The van der Waals surface area contributed by atoms with Crippen molar-refractivity contribution in [2.75, 3.05) is 19.6 Å². The molecular formula is C13H24N4O. The Kier molecular flexibility index (Phi) is 3.36. The standard InChI is InChI=1S/C13H24N4O/c1-5-17-8-6-13(7-9-17)10(18)14-11(16-13)15-12(2,3)4/h5-9H2,1-4H3,(H2,14,15,16,18). The summed E-state index contributed by atoms with van der Waals surface area (Å²) in [5.41, 5.74) is -0.596.